The lowest BCUT2D eigenvalue weighted by atomic mass is 10.1. The Morgan fingerprint density at radius 1 is 1.16 bits per heavy atom. The summed E-state index contributed by atoms with van der Waals surface area (Å²) < 4.78 is 1.79. The summed E-state index contributed by atoms with van der Waals surface area (Å²) in [5.41, 5.74) is 2.84. The molecule has 160 valence electrons. The molecule has 4 rings (SSSR count). The van der Waals surface area contributed by atoms with Crippen molar-refractivity contribution in [1.29, 1.82) is 0 Å². The molecule has 0 spiro atoms. The monoisotopic (exact) mass is 419 g/mol. The lowest BCUT2D eigenvalue weighted by molar-refractivity contribution is -0.123. The molecule has 0 saturated carbocycles. The molecule has 1 fully saturated rings. The summed E-state index contributed by atoms with van der Waals surface area (Å²) in [4.78, 5) is 45.4. The Kier molecular flexibility index (Phi) is 5.70. The third-order valence-corrected chi connectivity index (χ3v) is 5.46. The first-order chi connectivity index (χ1) is 15.0. The molecule has 3 amide bonds. The zero-order chi connectivity index (χ0) is 22.0. The van der Waals surface area contributed by atoms with E-state index in [1.165, 1.54) is 4.90 Å². The predicted molar refractivity (Wildman–Crippen MR) is 117 cm³/mol. The number of anilines is 1. The van der Waals surface area contributed by atoms with Crippen LogP contribution in [0.2, 0.25) is 0 Å². The Hall–Kier alpha value is -3.68. The molecular formula is C23H25N5O3. The lowest BCUT2D eigenvalue weighted by Crippen LogP contribution is -2.50. The van der Waals surface area contributed by atoms with E-state index in [0.29, 0.717) is 36.5 Å². The fraction of sp³-hybridized carbons (Fsp3) is 0.304. The lowest BCUT2D eigenvalue weighted by Gasteiger charge is -2.26. The van der Waals surface area contributed by atoms with Gasteiger partial charge in [-0.15, -0.1) is 0 Å². The summed E-state index contributed by atoms with van der Waals surface area (Å²) in [5, 5.41) is 2.72. The zero-order valence-corrected chi connectivity index (χ0v) is 17.7. The summed E-state index contributed by atoms with van der Waals surface area (Å²) in [6.07, 6.45) is 2.63. The Labute approximate surface area is 180 Å². The second kappa shape index (κ2) is 8.59. The standard InChI is InChI=1S/C23H25N5O3/c1-3-18-22(26(2)21(30)13-16-7-5-4-6-8-16)28-14-17(9-10-19(28)25-18)23(31)27-12-11-24-20(29)15-27/h4-10,14H,3,11-13,15H2,1-2H3,(H,24,29). The van der Waals surface area contributed by atoms with E-state index in [-0.39, 0.29) is 30.7 Å². The number of likely N-dealkylation sites (N-methyl/N-ethyl adjacent to an activating group) is 1. The Morgan fingerprint density at radius 2 is 1.94 bits per heavy atom. The number of hydrogen-bond donors (Lipinski definition) is 1. The maximum atomic E-state index is 13.0. The minimum absolute atomic E-state index is 0.0450. The average molecular weight is 419 g/mol. The molecular weight excluding hydrogens is 394 g/mol. The third kappa shape index (κ3) is 4.14. The molecule has 1 aliphatic heterocycles. The van der Waals surface area contributed by atoms with E-state index in [2.05, 4.69) is 10.3 Å². The number of aromatic nitrogens is 2. The minimum Gasteiger partial charge on any atom is -0.353 e. The van der Waals surface area contributed by atoms with Gasteiger partial charge in [0.15, 0.2) is 0 Å². The number of hydrogen-bond acceptors (Lipinski definition) is 4. The van der Waals surface area contributed by atoms with Gasteiger partial charge in [0.1, 0.15) is 11.5 Å². The predicted octanol–water partition coefficient (Wildman–Crippen LogP) is 1.67. The molecule has 2 aromatic heterocycles. The van der Waals surface area contributed by atoms with Crippen LogP contribution in [0.4, 0.5) is 5.82 Å². The van der Waals surface area contributed by atoms with Crippen LogP contribution in [0.15, 0.2) is 48.7 Å². The SMILES string of the molecule is CCc1nc2ccc(C(=O)N3CCNC(=O)C3)cn2c1N(C)C(=O)Cc1ccccc1. The quantitative estimate of drug-likeness (QED) is 0.682. The van der Waals surface area contributed by atoms with E-state index in [9.17, 15) is 14.4 Å². The van der Waals surface area contributed by atoms with Gasteiger partial charge < -0.3 is 10.2 Å². The molecule has 3 heterocycles. The van der Waals surface area contributed by atoms with Crippen molar-refractivity contribution in [2.45, 2.75) is 19.8 Å². The van der Waals surface area contributed by atoms with Crippen molar-refractivity contribution in [3.8, 4) is 0 Å². The minimum atomic E-state index is -0.215. The molecule has 1 N–H and O–H groups in total. The second-order valence-corrected chi connectivity index (χ2v) is 7.57. The number of pyridine rings is 1. The van der Waals surface area contributed by atoms with Gasteiger partial charge >= 0.3 is 0 Å². The summed E-state index contributed by atoms with van der Waals surface area (Å²) in [6, 6.07) is 13.1. The van der Waals surface area contributed by atoms with Crippen molar-refractivity contribution in [3.63, 3.8) is 0 Å². The van der Waals surface area contributed by atoms with E-state index >= 15 is 0 Å². The van der Waals surface area contributed by atoms with Gasteiger partial charge in [0.05, 0.1) is 24.2 Å². The Balaban J connectivity index is 1.67. The Bertz CT molecular complexity index is 1140. The number of amides is 3. The van der Waals surface area contributed by atoms with Crippen LogP contribution in [0.1, 0.15) is 28.5 Å². The van der Waals surface area contributed by atoms with E-state index in [0.717, 1.165) is 11.3 Å². The van der Waals surface area contributed by atoms with Crippen LogP contribution in [0, 0.1) is 0 Å². The molecule has 8 heteroatoms. The van der Waals surface area contributed by atoms with Crippen LogP contribution in [-0.2, 0) is 22.4 Å². The first-order valence-electron chi connectivity index (χ1n) is 10.4. The smallest absolute Gasteiger partial charge is 0.255 e. The number of aryl methyl sites for hydroxylation is 1. The molecule has 31 heavy (non-hydrogen) atoms. The van der Waals surface area contributed by atoms with Crippen molar-refractivity contribution in [2.24, 2.45) is 0 Å². The number of nitrogens with zero attached hydrogens (tertiary/aromatic N) is 4. The zero-order valence-electron chi connectivity index (χ0n) is 17.7. The van der Waals surface area contributed by atoms with Crippen molar-refractivity contribution >= 4 is 29.2 Å². The number of piperazine rings is 1. The molecule has 8 nitrogen and oxygen atoms in total. The van der Waals surface area contributed by atoms with Crippen LogP contribution >= 0.6 is 0 Å². The Morgan fingerprint density at radius 3 is 2.65 bits per heavy atom. The van der Waals surface area contributed by atoms with Gasteiger partial charge in [-0.05, 0) is 24.1 Å². The molecule has 1 saturated heterocycles. The molecule has 0 aliphatic carbocycles. The van der Waals surface area contributed by atoms with Crippen molar-refractivity contribution in [3.05, 3.63) is 65.5 Å². The van der Waals surface area contributed by atoms with Gasteiger partial charge in [-0.2, -0.15) is 0 Å². The maximum absolute atomic E-state index is 13.0. The first kappa shape index (κ1) is 20.6. The average Bonchev–Trinajstić information content (AvgIpc) is 3.16. The van der Waals surface area contributed by atoms with Gasteiger partial charge in [-0.3, -0.25) is 23.7 Å². The summed E-state index contributed by atoms with van der Waals surface area (Å²) in [6.45, 7) is 2.94. The van der Waals surface area contributed by atoms with Crippen molar-refractivity contribution in [1.82, 2.24) is 19.6 Å². The molecule has 0 atom stereocenters. The number of rotatable bonds is 5. The van der Waals surface area contributed by atoms with Crippen LogP contribution in [0.5, 0.6) is 0 Å². The number of nitrogens with one attached hydrogen (secondary N) is 1. The van der Waals surface area contributed by atoms with Crippen LogP contribution in [0.3, 0.4) is 0 Å². The second-order valence-electron chi connectivity index (χ2n) is 7.57. The van der Waals surface area contributed by atoms with Gasteiger partial charge in [0.2, 0.25) is 11.8 Å². The van der Waals surface area contributed by atoms with Crippen LogP contribution in [0.25, 0.3) is 5.65 Å². The number of carbonyl (C=O) groups excluding carboxylic acids is 3. The highest BCUT2D eigenvalue weighted by Gasteiger charge is 2.25. The van der Waals surface area contributed by atoms with Crippen molar-refractivity contribution < 1.29 is 14.4 Å². The van der Waals surface area contributed by atoms with E-state index < -0.39 is 0 Å². The number of imidazole rings is 1. The summed E-state index contributed by atoms with van der Waals surface area (Å²) in [7, 11) is 1.73. The molecule has 0 radical (unpaired) electrons. The molecule has 0 bridgehead atoms. The van der Waals surface area contributed by atoms with Gasteiger partial charge in [-0.25, -0.2) is 4.98 Å². The van der Waals surface area contributed by atoms with E-state index in [4.69, 9.17) is 0 Å². The number of carbonyl (C=O) groups is 3. The fourth-order valence-corrected chi connectivity index (χ4v) is 3.80. The molecule has 1 aliphatic rings. The summed E-state index contributed by atoms with van der Waals surface area (Å²) >= 11 is 0. The highest BCUT2D eigenvalue weighted by molar-refractivity contribution is 5.98. The van der Waals surface area contributed by atoms with Gasteiger partial charge in [0, 0.05) is 26.3 Å². The summed E-state index contributed by atoms with van der Waals surface area (Å²) in [5.74, 6) is 0.216. The normalized spacial score (nSPS) is 13.9. The maximum Gasteiger partial charge on any atom is 0.255 e. The van der Waals surface area contributed by atoms with E-state index in [1.807, 2.05) is 37.3 Å². The van der Waals surface area contributed by atoms with Crippen LogP contribution < -0.4 is 10.2 Å². The number of fused-ring (bicyclic) bond motifs is 1. The third-order valence-electron chi connectivity index (χ3n) is 5.46. The highest BCUT2D eigenvalue weighted by atomic mass is 16.2. The van der Waals surface area contributed by atoms with Gasteiger partial charge in [-0.1, -0.05) is 37.3 Å². The molecule has 0 unspecified atom stereocenters. The van der Waals surface area contributed by atoms with Crippen molar-refractivity contribution in [2.75, 3.05) is 31.6 Å². The molecule has 3 aromatic rings. The van der Waals surface area contributed by atoms with E-state index in [1.54, 1.807) is 34.7 Å². The molecule has 1 aromatic carbocycles. The first-order valence-corrected chi connectivity index (χ1v) is 10.4. The van der Waals surface area contributed by atoms with Crippen LogP contribution in [-0.4, -0.2) is 58.7 Å². The highest BCUT2D eigenvalue weighted by Crippen LogP contribution is 2.24. The number of benzene rings is 1. The largest absolute Gasteiger partial charge is 0.353 e. The topological polar surface area (TPSA) is 87.0 Å². The fourth-order valence-electron chi connectivity index (χ4n) is 3.80. The van der Waals surface area contributed by atoms with Gasteiger partial charge in [0.25, 0.3) is 5.91 Å².